The predicted octanol–water partition coefficient (Wildman–Crippen LogP) is 0.469. The van der Waals surface area contributed by atoms with Gasteiger partial charge < -0.3 is 14.9 Å². The zero-order valence-electron chi connectivity index (χ0n) is 6.25. The number of phosphoric ester groups is 1. The van der Waals surface area contributed by atoms with Gasteiger partial charge in [-0.05, 0) is 0 Å². The van der Waals surface area contributed by atoms with Crippen LogP contribution in [0.4, 0.5) is 0 Å². The molecule has 0 saturated heterocycles. The van der Waals surface area contributed by atoms with E-state index in [1.54, 1.807) is 0 Å². The third-order valence-corrected chi connectivity index (χ3v) is 3.55. The fourth-order valence-electron chi connectivity index (χ4n) is 0.345. The molecule has 0 aromatic rings. The summed E-state index contributed by atoms with van der Waals surface area (Å²) in [6.45, 7) is 0.129. The minimum Gasteiger partial charge on any atom is -0.395 e. The number of hydrogen-bond donors (Lipinski definition) is 3. The molecule has 3 N–H and O–H groups in total. The number of aliphatic hydroxyl groups excluding tert-OH is 1. The normalized spacial score (nSPS) is 11.9. The summed E-state index contributed by atoms with van der Waals surface area (Å²) in [6.07, 6.45) is 0. The highest BCUT2D eigenvalue weighted by Crippen LogP contribution is 2.36. The lowest BCUT2D eigenvalue weighted by Crippen LogP contribution is -1.94. The fourth-order valence-corrected chi connectivity index (χ4v) is 2.39. The standard InChI is InChI=1S/C4H11O5PS2/c5-1-3-11-12-4-2-9-10(6,7)8/h5H,1-4H2,(H2,6,7,8). The van der Waals surface area contributed by atoms with E-state index in [1.807, 2.05) is 0 Å². The zero-order valence-corrected chi connectivity index (χ0v) is 8.78. The maximum absolute atomic E-state index is 10.1. The van der Waals surface area contributed by atoms with Gasteiger partial charge >= 0.3 is 7.82 Å². The van der Waals surface area contributed by atoms with Crippen molar-refractivity contribution in [2.24, 2.45) is 0 Å². The van der Waals surface area contributed by atoms with Crippen LogP contribution in [0.5, 0.6) is 0 Å². The molecule has 0 fully saturated rings. The van der Waals surface area contributed by atoms with Crippen molar-refractivity contribution in [1.82, 2.24) is 0 Å². The summed E-state index contributed by atoms with van der Waals surface area (Å²) in [5.74, 6) is 1.11. The molecule has 0 heterocycles. The Labute approximate surface area is 78.5 Å². The Bertz CT molecular complexity index is 148. The fraction of sp³-hybridized carbons (Fsp3) is 1.00. The predicted molar refractivity (Wildman–Crippen MR) is 50.0 cm³/mol. The van der Waals surface area contributed by atoms with Crippen LogP contribution in [-0.4, -0.2) is 39.6 Å². The van der Waals surface area contributed by atoms with Gasteiger partial charge in [0.25, 0.3) is 0 Å². The summed E-state index contributed by atoms with van der Waals surface area (Å²) in [4.78, 5) is 16.5. The summed E-state index contributed by atoms with van der Waals surface area (Å²) < 4.78 is 14.3. The highest BCUT2D eigenvalue weighted by Gasteiger charge is 2.12. The van der Waals surface area contributed by atoms with Gasteiger partial charge in [-0.2, -0.15) is 0 Å². The molecule has 12 heavy (non-hydrogen) atoms. The van der Waals surface area contributed by atoms with Gasteiger partial charge in [0.15, 0.2) is 0 Å². The summed E-state index contributed by atoms with van der Waals surface area (Å²) in [6, 6.07) is 0. The first-order chi connectivity index (χ1) is 5.56. The number of hydrogen-bond acceptors (Lipinski definition) is 5. The molecule has 0 rings (SSSR count). The number of aliphatic hydroxyl groups is 1. The van der Waals surface area contributed by atoms with Gasteiger partial charge in [-0.3, -0.25) is 4.52 Å². The van der Waals surface area contributed by atoms with Gasteiger partial charge in [0.1, 0.15) is 0 Å². The Morgan fingerprint density at radius 1 is 1.25 bits per heavy atom. The monoisotopic (exact) mass is 234 g/mol. The van der Waals surface area contributed by atoms with E-state index < -0.39 is 7.82 Å². The van der Waals surface area contributed by atoms with Crippen LogP contribution >= 0.6 is 29.4 Å². The Morgan fingerprint density at radius 3 is 2.33 bits per heavy atom. The van der Waals surface area contributed by atoms with Crippen molar-refractivity contribution in [1.29, 1.82) is 0 Å². The minimum absolute atomic E-state index is 0.0212. The lowest BCUT2D eigenvalue weighted by Gasteiger charge is -2.03. The third kappa shape index (κ3) is 10.8. The molecule has 0 aliphatic carbocycles. The summed E-state index contributed by atoms with van der Waals surface area (Å²) in [5, 5.41) is 8.36. The van der Waals surface area contributed by atoms with E-state index in [4.69, 9.17) is 14.9 Å². The van der Waals surface area contributed by atoms with E-state index in [0.29, 0.717) is 11.5 Å². The summed E-state index contributed by atoms with van der Waals surface area (Å²) in [5.41, 5.74) is 0. The minimum atomic E-state index is -4.29. The number of rotatable bonds is 7. The Morgan fingerprint density at radius 2 is 1.83 bits per heavy atom. The molecule has 0 spiro atoms. The molecule has 0 aliphatic rings. The van der Waals surface area contributed by atoms with Crippen molar-refractivity contribution in [2.45, 2.75) is 0 Å². The maximum atomic E-state index is 10.1. The highest BCUT2D eigenvalue weighted by molar-refractivity contribution is 8.76. The molecule has 0 aliphatic heterocycles. The highest BCUT2D eigenvalue weighted by atomic mass is 33.1. The summed E-state index contributed by atoms with van der Waals surface area (Å²) >= 11 is 0. The van der Waals surface area contributed by atoms with Gasteiger partial charge in [0, 0.05) is 11.5 Å². The van der Waals surface area contributed by atoms with Crippen LogP contribution in [0.25, 0.3) is 0 Å². The second-order valence-electron chi connectivity index (χ2n) is 1.69. The third-order valence-electron chi connectivity index (χ3n) is 0.684. The smallest absolute Gasteiger partial charge is 0.395 e. The van der Waals surface area contributed by atoms with Crippen molar-refractivity contribution in [3.05, 3.63) is 0 Å². The molecular weight excluding hydrogens is 223 g/mol. The first kappa shape index (κ1) is 12.8. The second kappa shape index (κ2) is 7.20. The van der Waals surface area contributed by atoms with Crippen molar-refractivity contribution in [3.63, 3.8) is 0 Å². The molecule has 0 unspecified atom stereocenters. The van der Waals surface area contributed by atoms with Gasteiger partial charge in [-0.25, -0.2) is 4.57 Å². The average molecular weight is 234 g/mol. The quantitative estimate of drug-likeness (QED) is 0.335. The van der Waals surface area contributed by atoms with Crippen LogP contribution in [0.2, 0.25) is 0 Å². The Hall–Kier alpha value is 0.770. The lowest BCUT2D eigenvalue weighted by molar-refractivity contribution is 0.208. The van der Waals surface area contributed by atoms with E-state index >= 15 is 0 Å². The van der Waals surface area contributed by atoms with Crippen LogP contribution in [-0.2, 0) is 9.09 Å². The molecule has 5 nitrogen and oxygen atoms in total. The van der Waals surface area contributed by atoms with E-state index in [0.717, 1.165) is 0 Å². The van der Waals surface area contributed by atoms with Crippen LogP contribution < -0.4 is 0 Å². The van der Waals surface area contributed by atoms with E-state index in [2.05, 4.69) is 4.52 Å². The van der Waals surface area contributed by atoms with Crippen molar-refractivity contribution >= 4 is 29.4 Å². The van der Waals surface area contributed by atoms with Gasteiger partial charge in [-0.1, -0.05) is 21.6 Å². The van der Waals surface area contributed by atoms with Crippen LogP contribution in [0.3, 0.4) is 0 Å². The maximum Gasteiger partial charge on any atom is 0.469 e. The molecular formula is C4H11O5PS2. The second-order valence-corrected chi connectivity index (χ2v) is 5.63. The molecule has 0 atom stereocenters. The van der Waals surface area contributed by atoms with Gasteiger partial charge in [-0.15, -0.1) is 0 Å². The summed E-state index contributed by atoms with van der Waals surface area (Å²) in [7, 11) is -1.45. The molecule has 74 valence electrons. The first-order valence-corrected chi connectivity index (χ1v) is 7.13. The number of phosphoric acid groups is 1. The van der Waals surface area contributed by atoms with Crippen LogP contribution in [0.1, 0.15) is 0 Å². The Balaban J connectivity index is 3.06. The van der Waals surface area contributed by atoms with Crippen LogP contribution in [0.15, 0.2) is 0 Å². The van der Waals surface area contributed by atoms with E-state index in [-0.39, 0.29) is 13.2 Å². The molecule has 0 aromatic carbocycles. The molecule has 0 aromatic heterocycles. The lowest BCUT2D eigenvalue weighted by atomic mass is 10.9. The zero-order chi connectivity index (χ0) is 9.45. The van der Waals surface area contributed by atoms with Gasteiger partial charge in [0.2, 0.25) is 0 Å². The Kier molecular flexibility index (Phi) is 7.66. The van der Waals surface area contributed by atoms with Crippen molar-refractivity contribution in [2.75, 3.05) is 24.7 Å². The van der Waals surface area contributed by atoms with E-state index in [9.17, 15) is 4.57 Å². The van der Waals surface area contributed by atoms with E-state index in [1.165, 1.54) is 21.6 Å². The molecule has 0 bridgehead atoms. The SMILES string of the molecule is O=P(O)(O)OCCSSCCO. The van der Waals surface area contributed by atoms with Crippen LogP contribution in [0, 0.1) is 0 Å². The molecule has 8 heteroatoms. The average Bonchev–Trinajstić information content (AvgIpc) is 1.94. The van der Waals surface area contributed by atoms with Crippen molar-refractivity contribution in [3.8, 4) is 0 Å². The first-order valence-electron chi connectivity index (χ1n) is 3.11. The molecule has 0 saturated carbocycles. The largest absolute Gasteiger partial charge is 0.469 e. The molecule has 0 radical (unpaired) electrons. The van der Waals surface area contributed by atoms with Crippen molar-refractivity contribution < 1.29 is 24.0 Å². The van der Waals surface area contributed by atoms with Gasteiger partial charge in [0.05, 0.1) is 13.2 Å². The topological polar surface area (TPSA) is 87.0 Å². The molecule has 0 amide bonds.